The number of hydrogen-bond donors (Lipinski definition) is 1. The highest BCUT2D eigenvalue weighted by molar-refractivity contribution is 9.10. The Hall–Kier alpha value is -2.34. The molecule has 0 unspecified atom stereocenters. The summed E-state index contributed by atoms with van der Waals surface area (Å²) in [6, 6.07) is 9.70. The van der Waals surface area contributed by atoms with Crippen molar-refractivity contribution in [3.8, 4) is 11.5 Å². The van der Waals surface area contributed by atoms with Gasteiger partial charge in [0.1, 0.15) is 11.5 Å². The third kappa shape index (κ3) is 4.56. The van der Waals surface area contributed by atoms with Gasteiger partial charge in [0.15, 0.2) is 6.61 Å². The summed E-state index contributed by atoms with van der Waals surface area (Å²) in [6.07, 6.45) is 0. The van der Waals surface area contributed by atoms with Crippen molar-refractivity contribution < 1.29 is 24.2 Å². The van der Waals surface area contributed by atoms with E-state index in [0.29, 0.717) is 10.2 Å². The number of carboxylic acid groups (broad SMARTS) is 1. The van der Waals surface area contributed by atoms with E-state index in [0.717, 1.165) is 11.1 Å². The van der Waals surface area contributed by atoms with E-state index in [1.807, 2.05) is 26.0 Å². The Morgan fingerprint density at radius 1 is 1.09 bits per heavy atom. The number of rotatable bonds is 5. The van der Waals surface area contributed by atoms with E-state index in [-0.39, 0.29) is 17.9 Å². The Morgan fingerprint density at radius 3 is 2.43 bits per heavy atom. The number of aryl methyl sites for hydroxylation is 2. The number of ether oxygens (including phenoxy) is 2. The van der Waals surface area contributed by atoms with Gasteiger partial charge in [-0.05, 0) is 71.2 Å². The lowest BCUT2D eigenvalue weighted by Gasteiger charge is -2.09. The van der Waals surface area contributed by atoms with Crippen LogP contribution in [0.4, 0.5) is 0 Å². The average Bonchev–Trinajstić information content (AvgIpc) is 2.50. The van der Waals surface area contributed by atoms with E-state index in [4.69, 9.17) is 14.6 Å². The number of carbonyl (C=O) groups excluding carboxylic acids is 1. The zero-order chi connectivity index (χ0) is 17.0. The Balaban J connectivity index is 1.97. The fraction of sp³-hybridized carbons (Fsp3) is 0.176. The van der Waals surface area contributed by atoms with Gasteiger partial charge >= 0.3 is 11.9 Å². The molecule has 0 fully saturated rings. The zero-order valence-electron chi connectivity index (χ0n) is 12.6. The molecule has 0 heterocycles. The monoisotopic (exact) mass is 378 g/mol. The highest BCUT2D eigenvalue weighted by atomic mass is 79.9. The van der Waals surface area contributed by atoms with Crippen molar-refractivity contribution in [1.82, 2.24) is 0 Å². The summed E-state index contributed by atoms with van der Waals surface area (Å²) in [5.41, 5.74) is 2.31. The van der Waals surface area contributed by atoms with Crippen LogP contribution in [0.3, 0.4) is 0 Å². The molecule has 5 nitrogen and oxygen atoms in total. The maximum Gasteiger partial charge on any atom is 0.349 e. The summed E-state index contributed by atoms with van der Waals surface area (Å²) in [4.78, 5) is 22.7. The van der Waals surface area contributed by atoms with Crippen LogP contribution in [-0.2, 0) is 4.79 Å². The molecular formula is C17H15BrO5. The zero-order valence-corrected chi connectivity index (χ0v) is 14.2. The Morgan fingerprint density at radius 2 is 1.83 bits per heavy atom. The first-order valence-corrected chi connectivity index (χ1v) is 7.59. The van der Waals surface area contributed by atoms with Gasteiger partial charge in [-0.2, -0.15) is 0 Å². The molecule has 0 amide bonds. The van der Waals surface area contributed by atoms with Crippen LogP contribution in [0.5, 0.6) is 11.5 Å². The second-order valence-electron chi connectivity index (χ2n) is 4.96. The second kappa shape index (κ2) is 7.28. The van der Waals surface area contributed by atoms with Gasteiger partial charge in [0.25, 0.3) is 0 Å². The predicted molar refractivity (Wildman–Crippen MR) is 88.1 cm³/mol. The topological polar surface area (TPSA) is 72.8 Å². The normalized spacial score (nSPS) is 10.2. The van der Waals surface area contributed by atoms with E-state index >= 15 is 0 Å². The van der Waals surface area contributed by atoms with E-state index in [9.17, 15) is 9.59 Å². The van der Waals surface area contributed by atoms with Crippen molar-refractivity contribution in [2.24, 2.45) is 0 Å². The standard InChI is InChI=1S/C17H15BrO5/c1-10-3-5-13(7-11(10)2)22-9-16(19)23-15-6-4-12(17(20)21)8-14(15)18/h3-8H,9H2,1-2H3,(H,20,21). The molecule has 0 saturated carbocycles. The largest absolute Gasteiger partial charge is 0.482 e. The molecule has 0 spiro atoms. The van der Waals surface area contributed by atoms with Crippen molar-refractivity contribution in [1.29, 1.82) is 0 Å². The molecule has 0 aromatic heterocycles. The summed E-state index contributed by atoms with van der Waals surface area (Å²) in [5.74, 6) is -0.803. The van der Waals surface area contributed by atoms with Crippen LogP contribution in [-0.4, -0.2) is 23.7 Å². The third-order valence-corrected chi connectivity index (χ3v) is 3.86. The van der Waals surface area contributed by atoms with Crippen LogP contribution in [0, 0.1) is 13.8 Å². The lowest BCUT2D eigenvalue weighted by atomic mass is 10.1. The first-order valence-electron chi connectivity index (χ1n) is 6.80. The molecule has 0 radical (unpaired) electrons. The molecule has 2 aromatic carbocycles. The molecule has 2 aromatic rings. The summed E-state index contributed by atoms with van der Waals surface area (Å²) in [7, 11) is 0. The second-order valence-corrected chi connectivity index (χ2v) is 5.81. The maximum atomic E-state index is 11.8. The summed E-state index contributed by atoms with van der Waals surface area (Å²) >= 11 is 3.18. The van der Waals surface area contributed by atoms with Gasteiger partial charge in [-0.1, -0.05) is 6.07 Å². The van der Waals surface area contributed by atoms with E-state index < -0.39 is 11.9 Å². The molecule has 0 aliphatic rings. The molecule has 0 aliphatic heterocycles. The van der Waals surface area contributed by atoms with Gasteiger partial charge < -0.3 is 14.6 Å². The fourth-order valence-electron chi connectivity index (χ4n) is 1.81. The van der Waals surface area contributed by atoms with E-state index in [1.165, 1.54) is 18.2 Å². The maximum absolute atomic E-state index is 11.8. The number of carboxylic acids is 1. The van der Waals surface area contributed by atoms with Gasteiger partial charge in [-0.3, -0.25) is 0 Å². The first-order chi connectivity index (χ1) is 10.9. The SMILES string of the molecule is Cc1ccc(OCC(=O)Oc2ccc(C(=O)O)cc2Br)cc1C. The van der Waals surface area contributed by atoms with Crippen molar-refractivity contribution in [3.05, 3.63) is 57.6 Å². The molecule has 2 rings (SSSR count). The van der Waals surface area contributed by atoms with Gasteiger partial charge in [0.2, 0.25) is 0 Å². The third-order valence-electron chi connectivity index (χ3n) is 3.24. The molecule has 6 heteroatoms. The number of hydrogen-bond acceptors (Lipinski definition) is 4. The van der Waals surface area contributed by atoms with Crippen LogP contribution in [0.15, 0.2) is 40.9 Å². The highest BCUT2D eigenvalue weighted by Gasteiger charge is 2.12. The molecule has 1 N–H and O–H groups in total. The van der Waals surface area contributed by atoms with Crippen LogP contribution in [0.2, 0.25) is 0 Å². The quantitative estimate of drug-likeness (QED) is 0.633. The van der Waals surface area contributed by atoms with Gasteiger partial charge in [0.05, 0.1) is 10.0 Å². The molecule has 0 atom stereocenters. The number of esters is 1. The van der Waals surface area contributed by atoms with Crippen molar-refractivity contribution in [2.75, 3.05) is 6.61 Å². The summed E-state index contributed by atoms with van der Waals surface area (Å²) in [5, 5.41) is 8.89. The lowest BCUT2D eigenvalue weighted by Crippen LogP contribution is -2.18. The fourth-order valence-corrected chi connectivity index (χ4v) is 2.27. The average molecular weight is 379 g/mol. The van der Waals surface area contributed by atoms with Crippen molar-refractivity contribution in [2.45, 2.75) is 13.8 Å². The minimum absolute atomic E-state index is 0.100. The molecule has 23 heavy (non-hydrogen) atoms. The predicted octanol–water partition coefficient (Wildman–Crippen LogP) is 3.75. The van der Waals surface area contributed by atoms with Crippen molar-refractivity contribution >= 4 is 27.9 Å². The molecule has 0 saturated heterocycles. The van der Waals surface area contributed by atoms with Gasteiger partial charge in [-0.25, -0.2) is 9.59 Å². The highest BCUT2D eigenvalue weighted by Crippen LogP contribution is 2.26. The lowest BCUT2D eigenvalue weighted by molar-refractivity contribution is -0.136. The van der Waals surface area contributed by atoms with E-state index in [1.54, 1.807) is 6.07 Å². The van der Waals surface area contributed by atoms with Crippen LogP contribution < -0.4 is 9.47 Å². The molecule has 0 bridgehead atoms. The van der Waals surface area contributed by atoms with Crippen LogP contribution >= 0.6 is 15.9 Å². The van der Waals surface area contributed by atoms with E-state index in [2.05, 4.69) is 15.9 Å². The number of carbonyl (C=O) groups is 2. The Kier molecular flexibility index (Phi) is 5.39. The number of benzene rings is 2. The Bertz CT molecular complexity index is 755. The van der Waals surface area contributed by atoms with Gasteiger partial charge in [-0.15, -0.1) is 0 Å². The molecule has 120 valence electrons. The Labute approximate surface area is 142 Å². The summed E-state index contributed by atoms with van der Waals surface area (Å²) < 4.78 is 10.9. The minimum atomic E-state index is -1.05. The van der Waals surface area contributed by atoms with Crippen LogP contribution in [0.1, 0.15) is 21.5 Å². The van der Waals surface area contributed by atoms with Crippen LogP contribution in [0.25, 0.3) is 0 Å². The molecular weight excluding hydrogens is 364 g/mol. The van der Waals surface area contributed by atoms with Crippen molar-refractivity contribution in [3.63, 3.8) is 0 Å². The molecule has 0 aliphatic carbocycles. The van der Waals surface area contributed by atoms with Gasteiger partial charge in [0, 0.05) is 0 Å². The minimum Gasteiger partial charge on any atom is -0.482 e. The number of halogens is 1. The first kappa shape index (κ1) is 17.0. The smallest absolute Gasteiger partial charge is 0.349 e. The summed E-state index contributed by atoms with van der Waals surface area (Å²) in [6.45, 7) is 3.71. The number of aromatic carboxylic acids is 1.